The van der Waals surface area contributed by atoms with Gasteiger partial charge in [0.1, 0.15) is 11.4 Å². The van der Waals surface area contributed by atoms with Gasteiger partial charge in [0.25, 0.3) is 0 Å². The molecule has 5 nitrogen and oxygen atoms in total. The number of fused-ring (bicyclic) bond motifs is 2. The maximum atomic E-state index is 5.95. The summed E-state index contributed by atoms with van der Waals surface area (Å²) >= 11 is 5.75. The molecule has 4 aromatic rings. The molecule has 6 heteroatoms. The normalized spacial score (nSPS) is 12.9. The van der Waals surface area contributed by atoms with Crippen LogP contribution in [0.4, 0.5) is 0 Å². The molecule has 0 N–H and O–H groups in total. The van der Waals surface area contributed by atoms with Crippen molar-refractivity contribution >= 4 is 22.5 Å². The van der Waals surface area contributed by atoms with Crippen LogP contribution in [0.2, 0.25) is 0 Å². The topological polar surface area (TPSA) is 52.8 Å². The van der Waals surface area contributed by atoms with Gasteiger partial charge in [-0.25, -0.2) is 0 Å². The fraction of sp³-hybridized carbons (Fsp3) is 0.320. The Balaban J connectivity index is 1.53. The van der Waals surface area contributed by atoms with Gasteiger partial charge in [0.05, 0.1) is 17.8 Å². The summed E-state index contributed by atoms with van der Waals surface area (Å²) in [4.78, 5) is 9.20. The minimum atomic E-state index is 0.697. The summed E-state index contributed by atoms with van der Waals surface area (Å²) in [5.41, 5.74) is 6.40. The molecule has 5 rings (SSSR count). The summed E-state index contributed by atoms with van der Waals surface area (Å²) in [6.07, 6.45) is 8.98. The Bertz CT molecular complexity index is 1190. The highest BCUT2D eigenvalue weighted by Crippen LogP contribution is 2.40. The van der Waals surface area contributed by atoms with Crippen molar-refractivity contribution in [2.75, 3.05) is 12.5 Å². The van der Waals surface area contributed by atoms with Gasteiger partial charge in [-0.05, 0) is 68.0 Å². The first-order valence-corrected chi connectivity index (χ1v) is 11.5. The third-order valence-corrected chi connectivity index (χ3v) is 6.05. The van der Waals surface area contributed by atoms with Crippen LogP contribution in [0.5, 0.6) is 5.75 Å². The highest BCUT2D eigenvalue weighted by atomic mass is 35.5. The minimum Gasteiger partial charge on any atom is -0.494 e. The van der Waals surface area contributed by atoms with Crippen molar-refractivity contribution in [2.24, 2.45) is 0 Å². The molecule has 31 heavy (non-hydrogen) atoms. The largest absolute Gasteiger partial charge is 0.494 e. The average Bonchev–Trinajstić information content (AvgIpc) is 3.40. The van der Waals surface area contributed by atoms with Crippen LogP contribution >= 0.6 is 11.6 Å². The Labute approximate surface area is 187 Å². The van der Waals surface area contributed by atoms with Crippen LogP contribution in [-0.2, 0) is 13.0 Å². The Kier molecular flexibility index (Phi) is 5.85. The van der Waals surface area contributed by atoms with Gasteiger partial charge in [-0.15, -0.1) is 11.6 Å². The quantitative estimate of drug-likeness (QED) is 0.257. The Morgan fingerprint density at radius 1 is 1.00 bits per heavy atom. The van der Waals surface area contributed by atoms with Gasteiger partial charge in [0, 0.05) is 47.5 Å². The number of pyridine rings is 2. The van der Waals surface area contributed by atoms with Crippen LogP contribution in [0.3, 0.4) is 0 Å². The number of aryl methyl sites for hydroxylation is 1. The maximum Gasteiger partial charge on any atom is 0.121 e. The molecule has 1 aromatic carbocycles. The second kappa shape index (κ2) is 9.06. The van der Waals surface area contributed by atoms with Crippen LogP contribution in [0.25, 0.3) is 33.4 Å². The fourth-order valence-electron chi connectivity index (χ4n) is 4.30. The summed E-state index contributed by atoms with van der Waals surface area (Å²) in [6.45, 7) is 1.66. The minimum absolute atomic E-state index is 0.697. The van der Waals surface area contributed by atoms with E-state index in [0.29, 0.717) is 12.5 Å². The molecule has 0 radical (unpaired) electrons. The van der Waals surface area contributed by atoms with Gasteiger partial charge in [-0.2, -0.15) is 5.10 Å². The summed E-state index contributed by atoms with van der Waals surface area (Å²) in [6, 6.07) is 14.3. The molecule has 4 heterocycles. The van der Waals surface area contributed by atoms with Gasteiger partial charge in [-0.3, -0.25) is 14.6 Å². The van der Waals surface area contributed by atoms with Gasteiger partial charge < -0.3 is 4.74 Å². The number of hydrogen-bond acceptors (Lipinski definition) is 4. The lowest BCUT2D eigenvalue weighted by Gasteiger charge is -2.11. The second-order valence-electron chi connectivity index (χ2n) is 7.85. The van der Waals surface area contributed by atoms with Crippen molar-refractivity contribution in [3.05, 3.63) is 60.6 Å². The van der Waals surface area contributed by atoms with Crippen LogP contribution < -0.4 is 4.74 Å². The highest BCUT2D eigenvalue weighted by Gasteiger charge is 2.25. The first-order chi connectivity index (χ1) is 15.3. The molecular weight excluding hydrogens is 408 g/mol. The molecule has 1 aliphatic heterocycles. The smallest absolute Gasteiger partial charge is 0.121 e. The first kappa shape index (κ1) is 20.0. The predicted molar refractivity (Wildman–Crippen MR) is 125 cm³/mol. The van der Waals surface area contributed by atoms with E-state index in [1.165, 1.54) is 11.3 Å². The van der Waals surface area contributed by atoms with Crippen LogP contribution in [0, 0.1) is 0 Å². The molecule has 0 unspecified atom stereocenters. The lowest BCUT2D eigenvalue weighted by molar-refractivity contribution is 0.307. The van der Waals surface area contributed by atoms with E-state index in [4.69, 9.17) is 21.4 Å². The number of hydrogen-bond donors (Lipinski definition) is 0. The zero-order valence-electron chi connectivity index (χ0n) is 17.4. The Morgan fingerprint density at radius 3 is 2.84 bits per heavy atom. The first-order valence-electron chi connectivity index (χ1n) is 10.9. The Hall–Kier alpha value is -2.92. The number of aromatic nitrogens is 4. The van der Waals surface area contributed by atoms with E-state index >= 15 is 0 Å². The number of ether oxygens (including phenoxy) is 1. The molecule has 0 fully saturated rings. The summed E-state index contributed by atoms with van der Waals surface area (Å²) in [7, 11) is 0. The molecule has 0 amide bonds. The predicted octanol–water partition coefficient (Wildman–Crippen LogP) is 5.89. The van der Waals surface area contributed by atoms with E-state index in [9.17, 15) is 0 Å². The molecule has 3 aromatic heterocycles. The number of nitrogens with zero attached hydrogens (tertiary/aromatic N) is 4. The Morgan fingerprint density at radius 2 is 1.97 bits per heavy atom. The third kappa shape index (κ3) is 4.02. The van der Waals surface area contributed by atoms with Crippen molar-refractivity contribution in [3.8, 4) is 28.3 Å². The van der Waals surface area contributed by atoms with E-state index in [2.05, 4.69) is 26.8 Å². The van der Waals surface area contributed by atoms with Gasteiger partial charge in [-0.1, -0.05) is 6.07 Å². The van der Waals surface area contributed by atoms with Crippen molar-refractivity contribution in [1.82, 2.24) is 19.7 Å². The van der Waals surface area contributed by atoms with Gasteiger partial charge in [0.2, 0.25) is 0 Å². The third-order valence-electron chi connectivity index (χ3n) is 5.78. The zero-order valence-corrected chi connectivity index (χ0v) is 18.2. The number of unbranched alkanes of at least 4 members (excludes halogenated alkanes) is 2. The van der Waals surface area contributed by atoms with E-state index in [0.717, 1.165) is 72.3 Å². The summed E-state index contributed by atoms with van der Waals surface area (Å²) < 4.78 is 8.09. The van der Waals surface area contributed by atoms with E-state index in [-0.39, 0.29) is 0 Å². The van der Waals surface area contributed by atoms with Gasteiger partial charge in [0.15, 0.2) is 0 Å². The molecular formula is C25H25ClN4O. The summed E-state index contributed by atoms with van der Waals surface area (Å²) in [5.74, 6) is 1.56. The van der Waals surface area contributed by atoms with Gasteiger partial charge >= 0.3 is 0 Å². The standard InChI is InChI=1S/C25H25ClN4O/c26-12-3-1-5-16-31-18-9-10-19-20(11-14-28-22(19)17-18)24-23-8-6-15-30(23)29-25(24)21-7-2-4-13-27-21/h2,4,7,9-11,13-14,17H,1,3,5-6,8,12,15-16H2. The molecule has 1 aliphatic rings. The van der Waals surface area contributed by atoms with Crippen molar-refractivity contribution in [2.45, 2.75) is 38.6 Å². The molecule has 0 spiro atoms. The molecule has 0 aliphatic carbocycles. The van der Waals surface area contributed by atoms with Crippen LogP contribution in [-0.4, -0.2) is 32.2 Å². The molecule has 0 atom stereocenters. The van der Waals surface area contributed by atoms with Crippen molar-refractivity contribution < 1.29 is 4.74 Å². The number of rotatable bonds is 8. The number of benzene rings is 1. The van der Waals surface area contributed by atoms with Crippen molar-refractivity contribution in [3.63, 3.8) is 0 Å². The van der Waals surface area contributed by atoms with E-state index < -0.39 is 0 Å². The fourth-order valence-corrected chi connectivity index (χ4v) is 4.49. The highest BCUT2D eigenvalue weighted by molar-refractivity contribution is 6.17. The zero-order chi connectivity index (χ0) is 21.0. The molecule has 0 saturated carbocycles. The second-order valence-corrected chi connectivity index (χ2v) is 8.23. The maximum absolute atomic E-state index is 5.95. The lowest BCUT2D eigenvalue weighted by atomic mass is 9.96. The summed E-state index contributed by atoms with van der Waals surface area (Å²) in [5, 5.41) is 6.03. The average molecular weight is 433 g/mol. The molecule has 158 valence electrons. The van der Waals surface area contributed by atoms with Crippen LogP contribution in [0.15, 0.2) is 54.9 Å². The van der Waals surface area contributed by atoms with Crippen LogP contribution in [0.1, 0.15) is 31.4 Å². The molecule has 0 bridgehead atoms. The van der Waals surface area contributed by atoms with Crippen molar-refractivity contribution in [1.29, 1.82) is 0 Å². The molecule has 0 saturated heterocycles. The van der Waals surface area contributed by atoms with E-state index in [1.54, 1.807) is 0 Å². The number of alkyl halides is 1. The monoisotopic (exact) mass is 432 g/mol. The lowest BCUT2D eigenvalue weighted by Crippen LogP contribution is -1.98. The SMILES string of the molecule is ClCCCCCOc1ccc2c(-c3c(-c4ccccn4)nn4c3CCC4)ccnc2c1. The number of halogens is 1. The van der Waals surface area contributed by atoms with E-state index in [1.807, 2.05) is 42.7 Å².